The van der Waals surface area contributed by atoms with E-state index in [1.54, 1.807) is 11.3 Å². The summed E-state index contributed by atoms with van der Waals surface area (Å²) < 4.78 is 6.44. The molecule has 3 N–H and O–H groups in total. The summed E-state index contributed by atoms with van der Waals surface area (Å²) in [5, 5.41) is 10.6. The smallest absolute Gasteiger partial charge is 0.407 e. The molecule has 5 aromatic rings. The van der Waals surface area contributed by atoms with Gasteiger partial charge in [-0.3, -0.25) is 0 Å². The number of rotatable bonds is 5. The number of alkyl carbamates (subject to hydrolysis) is 1. The molecule has 0 saturated carbocycles. The van der Waals surface area contributed by atoms with E-state index in [9.17, 15) is 4.79 Å². The van der Waals surface area contributed by atoms with E-state index in [1.807, 2.05) is 52.0 Å². The number of nitrogens with one attached hydrogen (secondary N) is 3. The van der Waals surface area contributed by atoms with Gasteiger partial charge in [0.2, 0.25) is 0 Å². The van der Waals surface area contributed by atoms with Crippen LogP contribution in [0.2, 0.25) is 10.0 Å². The molecule has 2 heterocycles. The maximum Gasteiger partial charge on any atom is 0.407 e. The van der Waals surface area contributed by atoms with Crippen molar-refractivity contribution in [1.82, 2.24) is 15.3 Å². The fraction of sp³-hybridized carbons (Fsp3) is 0.259. The van der Waals surface area contributed by atoms with Gasteiger partial charge in [0.1, 0.15) is 5.60 Å². The Hall–Kier alpha value is -3.00. The van der Waals surface area contributed by atoms with Crippen molar-refractivity contribution in [1.29, 1.82) is 0 Å². The van der Waals surface area contributed by atoms with Crippen LogP contribution in [0.5, 0.6) is 0 Å². The number of ether oxygens (including phenoxy) is 1. The third-order valence-corrected chi connectivity index (χ3v) is 7.31. The van der Waals surface area contributed by atoms with Crippen molar-refractivity contribution in [2.45, 2.75) is 39.7 Å². The summed E-state index contributed by atoms with van der Waals surface area (Å²) in [4.78, 5) is 20.4. The molecule has 5 rings (SSSR count). The number of aryl methyl sites for hydroxylation is 1. The summed E-state index contributed by atoms with van der Waals surface area (Å²) in [7, 11) is 0. The monoisotopic (exact) mass is 540 g/mol. The average molecular weight is 542 g/mol. The van der Waals surface area contributed by atoms with Crippen LogP contribution in [-0.2, 0) is 11.2 Å². The second-order valence-electron chi connectivity index (χ2n) is 9.76. The molecule has 9 heteroatoms. The predicted octanol–water partition coefficient (Wildman–Crippen LogP) is 8.36. The summed E-state index contributed by atoms with van der Waals surface area (Å²) in [6.45, 7) is 7.96. The predicted molar refractivity (Wildman–Crippen MR) is 151 cm³/mol. The Morgan fingerprint density at radius 1 is 1.11 bits per heavy atom. The van der Waals surface area contributed by atoms with Crippen molar-refractivity contribution in [3.05, 3.63) is 63.6 Å². The third-order valence-electron chi connectivity index (χ3n) is 5.73. The van der Waals surface area contributed by atoms with Gasteiger partial charge in [-0.05, 0) is 87.7 Å². The third kappa shape index (κ3) is 5.24. The number of nitrogens with zero attached hydrogens (tertiary/aromatic N) is 1. The first kappa shape index (κ1) is 24.7. The number of carbonyl (C=O) groups is 1. The van der Waals surface area contributed by atoms with Crippen LogP contribution in [0, 0.1) is 6.92 Å². The van der Waals surface area contributed by atoms with Crippen molar-refractivity contribution in [2.24, 2.45) is 0 Å². The van der Waals surface area contributed by atoms with Crippen molar-refractivity contribution >= 4 is 83.5 Å². The number of hydrogen-bond acceptors (Lipinski definition) is 5. The number of H-pyrrole nitrogens is 1. The molecule has 186 valence electrons. The SMILES string of the molecule is Cc1cc2sc(Nc3cc(CCNC(=O)OC(C)(C)C)c4[nH]c5ccc(Cl)cc5c4c3)nc2cc1Cl. The van der Waals surface area contributed by atoms with Crippen molar-refractivity contribution in [3.8, 4) is 0 Å². The van der Waals surface area contributed by atoms with E-state index >= 15 is 0 Å². The molecular formula is C27H26Cl2N4O2S. The minimum atomic E-state index is -0.544. The highest BCUT2D eigenvalue weighted by Gasteiger charge is 2.17. The number of halogens is 2. The van der Waals surface area contributed by atoms with E-state index in [-0.39, 0.29) is 0 Å². The number of carbonyl (C=O) groups excluding carboxylic acids is 1. The summed E-state index contributed by atoms with van der Waals surface area (Å²) >= 11 is 14.2. The number of aromatic amines is 1. The average Bonchev–Trinajstić information content (AvgIpc) is 3.33. The van der Waals surface area contributed by atoms with Crippen molar-refractivity contribution in [3.63, 3.8) is 0 Å². The van der Waals surface area contributed by atoms with E-state index in [1.165, 1.54) is 0 Å². The highest BCUT2D eigenvalue weighted by atomic mass is 35.5. The Balaban J connectivity index is 1.49. The quantitative estimate of drug-likeness (QED) is 0.209. The molecule has 0 radical (unpaired) electrons. The molecular weight excluding hydrogens is 515 g/mol. The van der Waals surface area contributed by atoms with Crippen LogP contribution in [0.15, 0.2) is 42.5 Å². The van der Waals surface area contributed by atoms with Gasteiger partial charge in [-0.15, -0.1) is 0 Å². The Kier molecular flexibility index (Phi) is 6.49. The lowest BCUT2D eigenvalue weighted by Crippen LogP contribution is -2.33. The van der Waals surface area contributed by atoms with E-state index in [4.69, 9.17) is 32.9 Å². The molecule has 0 unspecified atom stereocenters. The van der Waals surface area contributed by atoms with Gasteiger partial charge in [0.15, 0.2) is 5.13 Å². The fourth-order valence-electron chi connectivity index (χ4n) is 4.15. The topological polar surface area (TPSA) is 79.0 Å². The van der Waals surface area contributed by atoms with Gasteiger partial charge in [-0.25, -0.2) is 9.78 Å². The Bertz CT molecular complexity index is 1580. The van der Waals surface area contributed by atoms with Crippen LogP contribution < -0.4 is 10.6 Å². The van der Waals surface area contributed by atoms with Crippen LogP contribution in [0.3, 0.4) is 0 Å². The second kappa shape index (κ2) is 9.47. The number of fused-ring (bicyclic) bond motifs is 4. The van der Waals surface area contributed by atoms with E-state index < -0.39 is 11.7 Å². The molecule has 0 atom stereocenters. The molecule has 0 fully saturated rings. The minimum absolute atomic E-state index is 0.431. The van der Waals surface area contributed by atoms with Crippen LogP contribution >= 0.6 is 34.5 Å². The van der Waals surface area contributed by atoms with Gasteiger partial charge in [0.25, 0.3) is 0 Å². The molecule has 2 aromatic heterocycles. The minimum Gasteiger partial charge on any atom is -0.444 e. The summed E-state index contributed by atoms with van der Waals surface area (Å²) in [5.41, 5.74) is 5.30. The van der Waals surface area contributed by atoms with Gasteiger partial charge >= 0.3 is 6.09 Å². The molecule has 0 bridgehead atoms. The largest absolute Gasteiger partial charge is 0.444 e. The molecule has 3 aromatic carbocycles. The van der Waals surface area contributed by atoms with Gasteiger partial charge in [0.05, 0.1) is 10.2 Å². The number of anilines is 2. The summed E-state index contributed by atoms with van der Waals surface area (Å²) in [5.74, 6) is 0. The van der Waals surface area contributed by atoms with Crippen LogP contribution in [-0.4, -0.2) is 28.2 Å². The zero-order chi connectivity index (χ0) is 25.6. The van der Waals surface area contributed by atoms with Gasteiger partial charge in [-0.2, -0.15) is 0 Å². The van der Waals surface area contributed by atoms with Crippen molar-refractivity contribution < 1.29 is 9.53 Å². The normalized spacial score (nSPS) is 11.9. The van der Waals surface area contributed by atoms with Gasteiger partial charge in [-0.1, -0.05) is 34.5 Å². The first-order valence-corrected chi connectivity index (χ1v) is 13.2. The van der Waals surface area contributed by atoms with Crippen LogP contribution in [0.1, 0.15) is 31.9 Å². The van der Waals surface area contributed by atoms with Crippen molar-refractivity contribution in [2.75, 3.05) is 11.9 Å². The fourth-order valence-corrected chi connectivity index (χ4v) is 5.45. The standard InChI is InChI=1S/C27H26Cl2N4O2S/c1-14-9-23-22(13-20(14)29)33-25(36-23)31-17-10-15(7-8-30-26(34)35-27(2,3)4)24-19(12-17)18-11-16(28)5-6-21(18)32-24/h5-6,9-13,32H,7-8H2,1-4H3,(H,30,34)(H,31,33). The lowest BCUT2D eigenvalue weighted by molar-refractivity contribution is 0.0528. The molecule has 0 aliphatic rings. The van der Waals surface area contributed by atoms with E-state index in [0.717, 1.165) is 54.0 Å². The first-order chi connectivity index (χ1) is 17.1. The van der Waals surface area contributed by atoms with E-state index in [0.29, 0.717) is 23.0 Å². The molecule has 0 aliphatic heterocycles. The zero-order valence-corrected chi connectivity index (χ0v) is 22.7. The van der Waals surface area contributed by atoms with Crippen LogP contribution in [0.25, 0.3) is 32.0 Å². The molecule has 1 amide bonds. The number of amides is 1. The number of benzene rings is 3. The zero-order valence-electron chi connectivity index (χ0n) is 20.4. The second-order valence-corrected chi connectivity index (χ2v) is 11.6. The highest BCUT2D eigenvalue weighted by molar-refractivity contribution is 7.22. The maximum absolute atomic E-state index is 12.1. The Morgan fingerprint density at radius 2 is 1.92 bits per heavy atom. The molecule has 6 nitrogen and oxygen atoms in total. The number of aromatic nitrogens is 2. The van der Waals surface area contributed by atoms with Gasteiger partial charge < -0.3 is 20.4 Å². The first-order valence-electron chi connectivity index (χ1n) is 11.6. The lowest BCUT2D eigenvalue weighted by atomic mass is 10.0. The number of thiazole rings is 1. The van der Waals surface area contributed by atoms with Crippen LogP contribution in [0.4, 0.5) is 15.6 Å². The molecule has 0 spiro atoms. The Morgan fingerprint density at radius 3 is 2.69 bits per heavy atom. The number of hydrogen-bond donors (Lipinski definition) is 3. The highest BCUT2D eigenvalue weighted by Crippen LogP contribution is 2.36. The summed E-state index contributed by atoms with van der Waals surface area (Å²) in [6, 6.07) is 13.9. The van der Waals surface area contributed by atoms with E-state index in [2.05, 4.69) is 33.8 Å². The molecule has 36 heavy (non-hydrogen) atoms. The molecule has 0 aliphatic carbocycles. The van der Waals surface area contributed by atoms with Gasteiger partial charge in [0, 0.05) is 44.1 Å². The Labute approximate surface area is 223 Å². The molecule has 0 saturated heterocycles. The lowest BCUT2D eigenvalue weighted by Gasteiger charge is -2.19. The maximum atomic E-state index is 12.1. The summed E-state index contributed by atoms with van der Waals surface area (Å²) in [6.07, 6.45) is 0.181.